The van der Waals surface area contributed by atoms with Crippen molar-refractivity contribution in [3.05, 3.63) is 95.8 Å². The van der Waals surface area contributed by atoms with Crippen LogP contribution in [0.3, 0.4) is 0 Å². The zero-order valence-electron chi connectivity index (χ0n) is 32.5. The lowest BCUT2D eigenvalue weighted by Crippen LogP contribution is -2.44. The quantitative estimate of drug-likeness (QED) is 0.0597. The van der Waals surface area contributed by atoms with Gasteiger partial charge in [-0.2, -0.15) is 24.9 Å². The number of esters is 1. The third kappa shape index (κ3) is 12.7. The standard InChI is InChI=1S/C41H48F5N5O6S/c1-40(2,3)37(32-22-28(30-23-29(42)13-14-31(30)43)25-49(32)24-27-10-5-4-6-11-27)51(19-9-17-47)36(54)26-58-21-8-7-12-33(57-39(56)41(44,45)46)38(55)48-18-20-50-34(52)15-16-35(50)53/h4-6,10-11,13-16,22-23,25,33,37H,7-9,12,17-21,24,26,47H2,1-3H3,(H,48,55)/t33?,37-/m0/s1. The zero-order valence-corrected chi connectivity index (χ0v) is 33.3. The van der Waals surface area contributed by atoms with Crippen LogP contribution in [0.4, 0.5) is 22.0 Å². The number of halogens is 5. The molecule has 0 spiro atoms. The molecule has 2 heterocycles. The minimum Gasteiger partial charge on any atom is -0.446 e. The van der Waals surface area contributed by atoms with Gasteiger partial charge in [-0.05, 0) is 73.2 Å². The second-order valence-corrected chi connectivity index (χ2v) is 15.9. The smallest absolute Gasteiger partial charge is 0.446 e. The number of thioether (sulfide) groups is 1. The third-order valence-electron chi connectivity index (χ3n) is 9.24. The number of benzene rings is 2. The Balaban J connectivity index is 1.46. The van der Waals surface area contributed by atoms with Crippen molar-refractivity contribution in [2.75, 3.05) is 37.7 Å². The molecule has 58 heavy (non-hydrogen) atoms. The second-order valence-electron chi connectivity index (χ2n) is 14.8. The van der Waals surface area contributed by atoms with E-state index in [1.54, 1.807) is 17.2 Å². The molecule has 3 aromatic rings. The van der Waals surface area contributed by atoms with Crippen LogP contribution in [-0.4, -0.2) is 93.9 Å². The summed E-state index contributed by atoms with van der Waals surface area (Å²) in [6.45, 7) is 6.44. The number of unbranched alkanes of at least 4 members (excludes halogenated alkanes) is 1. The Labute approximate surface area is 338 Å². The lowest BCUT2D eigenvalue weighted by Gasteiger charge is -2.41. The maximum absolute atomic E-state index is 15.1. The van der Waals surface area contributed by atoms with E-state index in [-0.39, 0.29) is 43.2 Å². The number of hydrogen-bond acceptors (Lipinski definition) is 8. The van der Waals surface area contributed by atoms with E-state index in [0.717, 1.165) is 40.8 Å². The Morgan fingerprint density at radius 2 is 1.64 bits per heavy atom. The molecule has 3 N–H and O–H groups in total. The van der Waals surface area contributed by atoms with E-state index >= 15 is 4.39 Å². The highest BCUT2D eigenvalue weighted by molar-refractivity contribution is 7.99. The van der Waals surface area contributed by atoms with E-state index < -0.39 is 59.1 Å². The molecular weight excluding hydrogens is 786 g/mol. The number of amides is 4. The van der Waals surface area contributed by atoms with Crippen LogP contribution in [0.25, 0.3) is 11.1 Å². The molecule has 0 saturated heterocycles. The first-order valence-corrected chi connectivity index (χ1v) is 19.9. The van der Waals surface area contributed by atoms with E-state index in [0.29, 0.717) is 49.5 Å². The predicted octanol–water partition coefficient (Wildman–Crippen LogP) is 6.17. The fraction of sp³-hybridized carbons (Fsp3) is 0.439. The van der Waals surface area contributed by atoms with Crippen LogP contribution >= 0.6 is 11.8 Å². The Hall–Kier alpha value is -5.03. The predicted molar refractivity (Wildman–Crippen MR) is 209 cm³/mol. The molecule has 1 aromatic heterocycles. The maximum Gasteiger partial charge on any atom is 0.490 e. The summed E-state index contributed by atoms with van der Waals surface area (Å²) in [5.74, 6) is -5.76. The van der Waals surface area contributed by atoms with Crippen molar-refractivity contribution >= 4 is 41.4 Å². The zero-order chi connectivity index (χ0) is 42.6. The van der Waals surface area contributed by atoms with Crippen LogP contribution in [0.15, 0.2) is 72.9 Å². The number of nitrogens with zero attached hydrogens (tertiary/aromatic N) is 3. The van der Waals surface area contributed by atoms with Crippen molar-refractivity contribution < 1.29 is 50.7 Å². The number of rotatable bonds is 20. The summed E-state index contributed by atoms with van der Waals surface area (Å²) in [5.41, 5.74) is 7.54. The van der Waals surface area contributed by atoms with Gasteiger partial charge in [0, 0.05) is 61.3 Å². The van der Waals surface area contributed by atoms with Gasteiger partial charge in [0.2, 0.25) is 5.91 Å². The van der Waals surface area contributed by atoms with Gasteiger partial charge < -0.3 is 25.3 Å². The van der Waals surface area contributed by atoms with E-state index in [1.807, 2.05) is 55.7 Å². The number of hydrogen-bond donors (Lipinski definition) is 2. The van der Waals surface area contributed by atoms with Crippen molar-refractivity contribution in [2.45, 2.75) is 71.3 Å². The molecule has 1 unspecified atom stereocenters. The molecule has 0 bridgehead atoms. The Bertz CT molecular complexity index is 1930. The minimum absolute atomic E-state index is 0.0255. The van der Waals surface area contributed by atoms with Gasteiger partial charge >= 0.3 is 12.1 Å². The molecule has 4 rings (SSSR count). The largest absolute Gasteiger partial charge is 0.490 e. The third-order valence-corrected chi connectivity index (χ3v) is 10.3. The minimum atomic E-state index is -5.34. The second kappa shape index (κ2) is 20.6. The number of aromatic nitrogens is 1. The molecule has 1 aliphatic heterocycles. The van der Waals surface area contributed by atoms with Gasteiger partial charge in [0.1, 0.15) is 11.6 Å². The SMILES string of the molecule is CC(C)(C)[C@H](c1cc(-c2cc(F)ccc2F)cn1Cc1ccccc1)N(CCCN)C(=O)CSCCCCC(OC(=O)C(F)(F)F)C(=O)NCCN1C(=O)C=CC1=O. The highest BCUT2D eigenvalue weighted by Gasteiger charge is 2.43. The van der Waals surface area contributed by atoms with Crippen molar-refractivity contribution in [3.8, 4) is 11.1 Å². The van der Waals surface area contributed by atoms with Crippen LogP contribution in [0.5, 0.6) is 0 Å². The fourth-order valence-corrected chi connectivity index (χ4v) is 7.44. The first kappa shape index (κ1) is 45.7. The van der Waals surface area contributed by atoms with Gasteiger partial charge in [-0.15, -0.1) is 0 Å². The van der Waals surface area contributed by atoms with Gasteiger partial charge in [0.05, 0.1) is 11.8 Å². The summed E-state index contributed by atoms with van der Waals surface area (Å²) in [5, 5.41) is 2.31. The van der Waals surface area contributed by atoms with Gasteiger partial charge in [0.15, 0.2) is 6.10 Å². The number of carbonyl (C=O) groups is 5. The summed E-state index contributed by atoms with van der Waals surface area (Å²) in [6.07, 6.45) is -2.55. The van der Waals surface area contributed by atoms with Crippen LogP contribution < -0.4 is 11.1 Å². The average Bonchev–Trinajstić information content (AvgIpc) is 3.71. The molecule has 17 heteroatoms. The molecule has 0 saturated carbocycles. The number of nitrogens with two attached hydrogens (primary N) is 1. The van der Waals surface area contributed by atoms with E-state index in [9.17, 15) is 41.5 Å². The van der Waals surface area contributed by atoms with E-state index in [2.05, 4.69) is 10.1 Å². The van der Waals surface area contributed by atoms with Gasteiger partial charge in [-0.25, -0.2) is 13.6 Å². The topological polar surface area (TPSA) is 144 Å². The first-order valence-electron chi connectivity index (χ1n) is 18.8. The highest BCUT2D eigenvalue weighted by atomic mass is 32.2. The van der Waals surface area contributed by atoms with Gasteiger partial charge in [-0.1, -0.05) is 51.1 Å². The number of carbonyl (C=O) groups excluding carboxylic acids is 5. The van der Waals surface area contributed by atoms with E-state index in [4.69, 9.17) is 5.73 Å². The summed E-state index contributed by atoms with van der Waals surface area (Å²) in [6, 6.07) is 14.1. The number of imide groups is 1. The van der Waals surface area contributed by atoms with Gasteiger partial charge in [-0.3, -0.25) is 24.1 Å². The summed E-state index contributed by atoms with van der Waals surface area (Å²) < 4.78 is 74.9. The average molecular weight is 834 g/mol. The summed E-state index contributed by atoms with van der Waals surface area (Å²) in [4.78, 5) is 64.6. The molecule has 1 aliphatic rings. The molecule has 314 valence electrons. The van der Waals surface area contributed by atoms with Crippen LogP contribution in [0.1, 0.15) is 63.8 Å². The van der Waals surface area contributed by atoms with Crippen molar-refractivity contribution in [3.63, 3.8) is 0 Å². The molecular formula is C41H48F5N5O6S. The van der Waals surface area contributed by atoms with Crippen LogP contribution in [-0.2, 0) is 35.3 Å². The van der Waals surface area contributed by atoms with Crippen molar-refractivity contribution in [1.29, 1.82) is 0 Å². The molecule has 2 aromatic carbocycles. The highest BCUT2D eigenvalue weighted by Crippen LogP contribution is 2.41. The molecule has 11 nitrogen and oxygen atoms in total. The maximum atomic E-state index is 15.1. The summed E-state index contributed by atoms with van der Waals surface area (Å²) >= 11 is 1.28. The van der Waals surface area contributed by atoms with Crippen molar-refractivity contribution in [2.24, 2.45) is 11.1 Å². The molecule has 0 aliphatic carbocycles. The molecule has 0 radical (unpaired) electrons. The van der Waals surface area contributed by atoms with Crippen molar-refractivity contribution in [1.82, 2.24) is 19.7 Å². The lowest BCUT2D eigenvalue weighted by molar-refractivity contribution is -0.205. The molecule has 2 atom stereocenters. The van der Waals surface area contributed by atoms with E-state index in [1.165, 1.54) is 11.8 Å². The lowest BCUT2D eigenvalue weighted by atomic mass is 9.83. The van der Waals surface area contributed by atoms with Crippen LogP contribution in [0, 0.1) is 17.0 Å². The molecule has 4 amide bonds. The number of ether oxygens (including phenoxy) is 1. The van der Waals surface area contributed by atoms with Crippen LogP contribution in [0.2, 0.25) is 0 Å². The Morgan fingerprint density at radius 1 is 0.948 bits per heavy atom. The normalized spacial score (nSPS) is 14.1. The molecule has 0 fully saturated rings. The first-order chi connectivity index (χ1) is 27.4. The fourth-order valence-electron chi connectivity index (χ4n) is 6.54. The monoisotopic (exact) mass is 833 g/mol. The Morgan fingerprint density at radius 3 is 2.28 bits per heavy atom. The Kier molecular flexibility index (Phi) is 16.2. The summed E-state index contributed by atoms with van der Waals surface area (Å²) in [7, 11) is 0. The number of alkyl halides is 3. The van der Waals surface area contributed by atoms with Gasteiger partial charge in [0.25, 0.3) is 17.7 Å². The number of nitrogens with one attached hydrogen (secondary N) is 1.